The van der Waals surface area contributed by atoms with Crippen molar-refractivity contribution < 1.29 is 14.4 Å². The lowest BCUT2D eigenvalue weighted by molar-refractivity contribution is -0.160. The van der Waals surface area contributed by atoms with Gasteiger partial charge in [0.15, 0.2) is 0 Å². The number of carbonyl (C=O) groups is 2. The van der Waals surface area contributed by atoms with Crippen molar-refractivity contribution in [1.82, 2.24) is 11.0 Å². The van der Waals surface area contributed by atoms with Crippen molar-refractivity contribution in [3.8, 4) is 0 Å². The Balaban J connectivity index is 1.71. The number of carbonyl (C=O) groups excluding carboxylic acids is 2. The largest absolute Gasteiger partial charge is 0.351 e. The van der Waals surface area contributed by atoms with E-state index in [-0.39, 0.29) is 17.8 Å². The average molecular weight is 234 g/mol. The van der Waals surface area contributed by atoms with Gasteiger partial charge in [-0.2, -0.15) is 0 Å². The van der Waals surface area contributed by atoms with Crippen LogP contribution in [-0.4, -0.2) is 11.9 Å². The van der Waals surface area contributed by atoms with Gasteiger partial charge in [0.2, 0.25) is 0 Å². The highest BCUT2D eigenvalue weighted by atomic mass is 16.7. The Labute approximate surface area is 99.1 Å². The second-order valence-electron chi connectivity index (χ2n) is 3.97. The van der Waals surface area contributed by atoms with Crippen LogP contribution >= 0.6 is 0 Å². The highest BCUT2D eigenvalue weighted by molar-refractivity contribution is 5.93. The summed E-state index contributed by atoms with van der Waals surface area (Å²) in [5.74, 6) is -0.673. The molecule has 2 N–H and O–H groups in total. The second kappa shape index (κ2) is 5.45. The summed E-state index contributed by atoms with van der Waals surface area (Å²) >= 11 is 0. The van der Waals surface area contributed by atoms with Crippen LogP contribution < -0.4 is 11.0 Å². The van der Waals surface area contributed by atoms with E-state index in [1.54, 1.807) is 24.3 Å². The second-order valence-corrected chi connectivity index (χ2v) is 3.97. The molecule has 2 rings (SSSR count). The number of rotatable bonds is 4. The minimum absolute atomic E-state index is 0.0175. The van der Waals surface area contributed by atoms with E-state index in [0.717, 1.165) is 19.3 Å². The highest BCUT2D eigenvalue weighted by Crippen LogP contribution is 2.26. The maximum Gasteiger partial charge on any atom is 0.330 e. The number of hydrazine groups is 1. The Kier molecular flexibility index (Phi) is 3.72. The van der Waals surface area contributed by atoms with Crippen molar-refractivity contribution in [3.05, 3.63) is 35.9 Å². The Morgan fingerprint density at radius 1 is 1.18 bits per heavy atom. The molecule has 1 aromatic carbocycles. The molecular weight excluding hydrogens is 220 g/mol. The van der Waals surface area contributed by atoms with Gasteiger partial charge in [-0.15, -0.1) is 0 Å². The summed E-state index contributed by atoms with van der Waals surface area (Å²) in [6.45, 7) is 0. The lowest BCUT2D eigenvalue weighted by Crippen LogP contribution is -2.41. The SMILES string of the molecule is O=C(NNOC(=O)C1CCC1)c1ccccc1. The average Bonchev–Trinajstić information content (AvgIpc) is 2.27. The van der Waals surface area contributed by atoms with Gasteiger partial charge in [-0.3, -0.25) is 10.2 Å². The molecule has 1 aliphatic carbocycles. The molecule has 0 spiro atoms. The van der Waals surface area contributed by atoms with Crippen molar-refractivity contribution in [2.45, 2.75) is 19.3 Å². The van der Waals surface area contributed by atoms with Gasteiger partial charge in [-0.05, 0) is 25.0 Å². The fraction of sp³-hybridized carbons (Fsp3) is 0.333. The fourth-order valence-corrected chi connectivity index (χ4v) is 1.51. The summed E-state index contributed by atoms with van der Waals surface area (Å²) in [6.07, 6.45) is 2.80. The molecule has 5 nitrogen and oxygen atoms in total. The third-order valence-corrected chi connectivity index (χ3v) is 2.79. The third-order valence-electron chi connectivity index (χ3n) is 2.79. The Bertz CT molecular complexity index is 401. The number of benzene rings is 1. The zero-order valence-electron chi connectivity index (χ0n) is 9.31. The zero-order valence-corrected chi connectivity index (χ0v) is 9.31. The standard InChI is InChI=1S/C12H14N2O3/c15-11(9-5-2-1-3-6-9)13-14-17-12(16)10-7-4-8-10/h1-3,5-6,10,14H,4,7-8H2,(H,13,15). The molecule has 5 heteroatoms. The molecule has 90 valence electrons. The van der Waals surface area contributed by atoms with Crippen LogP contribution in [0, 0.1) is 5.92 Å². The predicted molar refractivity (Wildman–Crippen MR) is 60.5 cm³/mol. The molecule has 0 radical (unpaired) electrons. The van der Waals surface area contributed by atoms with Gasteiger partial charge in [0.25, 0.3) is 5.91 Å². The first-order valence-electron chi connectivity index (χ1n) is 5.58. The molecule has 1 aromatic rings. The van der Waals surface area contributed by atoms with Crippen LogP contribution in [0.5, 0.6) is 0 Å². The molecule has 1 amide bonds. The van der Waals surface area contributed by atoms with Gasteiger partial charge >= 0.3 is 5.97 Å². The van der Waals surface area contributed by atoms with Gasteiger partial charge in [0, 0.05) is 5.56 Å². The van der Waals surface area contributed by atoms with Crippen LogP contribution in [-0.2, 0) is 9.63 Å². The van der Waals surface area contributed by atoms with Crippen LogP contribution in [0.2, 0.25) is 0 Å². The van der Waals surface area contributed by atoms with Gasteiger partial charge in [-0.25, -0.2) is 4.79 Å². The van der Waals surface area contributed by atoms with E-state index >= 15 is 0 Å². The Hall–Kier alpha value is -1.88. The molecule has 0 bridgehead atoms. The van der Waals surface area contributed by atoms with Crippen LogP contribution in [0.1, 0.15) is 29.6 Å². The smallest absolute Gasteiger partial charge is 0.330 e. The van der Waals surface area contributed by atoms with Crippen LogP contribution in [0.3, 0.4) is 0 Å². The Morgan fingerprint density at radius 2 is 1.88 bits per heavy atom. The molecular formula is C12H14N2O3. The van der Waals surface area contributed by atoms with E-state index in [1.165, 1.54) is 0 Å². The van der Waals surface area contributed by atoms with E-state index in [1.807, 2.05) is 6.07 Å². The summed E-state index contributed by atoms with van der Waals surface area (Å²) in [4.78, 5) is 27.5. The van der Waals surface area contributed by atoms with Crippen molar-refractivity contribution in [2.24, 2.45) is 5.92 Å². The van der Waals surface area contributed by atoms with E-state index in [2.05, 4.69) is 11.0 Å². The maximum atomic E-state index is 11.5. The summed E-state index contributed by atoms with van der Waals surface area (Å²) in [5.41, 5.74) is 4.98. The summed E-state index contributed by atoms with van der Waals surface area (Å²) in [7, 11) is 0. The maximum absolute atomic E-state index is 11.5. The molecule has 1 saturated carbocycles. The lowest BCUT2D eigenvalue weighted by Gasteiger charge is -2.22. The van der Waals surface area contributed by atoms with E-state index in [9.17, 15) is 9.59 Å². The molecule has 0 aromatic heterocycles. The molecule has 0 saturated heterocycles. The predicted octanol–water partition coefficient (Wildman–Crippen LogP) is 1.18. The van der Waals surface area contributed by atoms with E-state index in [4.69, 9.17) is 4.84 Å². The minimum Gasteiger partial charge on any atom is -0.351 e. The molecule has 0 aliphatic heterocycles. The van der Waals surface area contributed by atoms with Gasteiger partial charge in [0.05, 0.1) is 5.92 Å². The monoisotopic (exact) mass is 234 g/mol. The van der Waals surface area contributed by atoms with Crippen molar-refractivity contribution >= 4 is 11.9 Å². The molecule has 17 heavy (non-hydrogen) atoms. The summed E-state index contributed by atoms with van der Waals surface area (Å²) in [5, 5.41) is 0. The number of nitrogens with one attached hydrogen (secondary N) is 2. The first-order valence-corrected chi connectivity index (χ1v) is 5.58. The highest BCUT2D eigenvalue weighted by Gasteiger charge is 2.27. The third kappa shape index (κ3) is 3.04. The lowest BCUT2D eigenvalue weighted by atomic mass is 9.86. The van der Waals surface area contributed by atoms with Crippen molar-refractivity contribution in [1.29, 1.82) is 0 Å². The number of hydrogen-bond acceptors (Lipinski definition) is 4. The molecule has 1 aliphatic rings. The molecule has 1 fully saturated rings. The quantitative estimate of drug-likeness (QED) is 0.768. The number of hydrogen-bond donors (Lipinski definition) is 2. The molecule has 0 unspecified atom stereocenters. The first kappa shape index (κ1) is 11.6. The van der Waals surface area contributed by atoms with Crippen LogP contribution in [0.4, 0.5) is 0 Å². The zero-order chi connectivity index (χ0) is 12.1. The topological polar surface area (TPSA) is 67.4 Å². The van der Waals surface area contributed by atoms with Crippen LogP contribution in [0.25, 0.3) is 0 Å². The van der Waals surface area contributed by atoms with E-state index in [0.29, 0.717) is 5.56 Å². The van der Waals surface area contributed by atoms with Crippen molar-refractivity contribution in [2.75, 3.05) is 0 Å². The Morgan fingerprint density at radius 3 is 2.47 bits per heavy atom. The van der Waals surface area contributed by atoms with E-state index < -0.39 is 0 Å². The molecule has 0 heterocycles. The molecule has 0 atom stereocenters. The summed E-state index contributed by atoms with van der Waals surface area (Å²) in [6, 6.07) is 8.68. The van der Waals surface area contributed by atoms with Gasteiger partial charge in [0.1, 0.15) is 0 Å². The summed E-state index contributed by atoms with van der Waals surface area (Å²) < 4.78 is 0. The van der Waals surface area contributed by atoms with Gasteiger partial charge in [-0.1, -0.05) is 30.2 Å². The number of amides is 1. The minimum atomic E-state index is -0.341. The van der Waals surface area contributed by atoms with Gasteiger partial charge < -0.3 is 4.84 Å². The fourth-order valence-electron chi connectivity index (χ4n) is 1.51. The van der Waals surface area contributed by atoms with Crippen LogP contribution in [0.15, 0.2) is 30.3 Å². The normalized spacial score (nSPS) is 14.8. The first-order chi connectivity index (χ1) is 8.27. The van der Waals surface area contributed by atoms with Crippen molar-refractivity contribution in [3.63, 3.8) is 0 Å².